The molecule has 0 aliphatic rings. The fourth-order valence-corrected chi connectivity index (χ4v) is 1.53. The summed E-state index contributed by atoms with van der Waals surface area (Å²) >= 11 is 6.02. The molecule has 0 aromatic carbocycles. The van der Waals surface area contributed by atoms with Crippen LogP contribution >= 0.6 is 11.6 Å². The monoisotopic (exact) mass is 222 g/mol. The fourth-order valence-electron chi connectivity index (χ4n) is 1.34. The summed E-state index contributed by atoms with van der Waals surface area (Å²) in [7, 11) is 0. The van der Waals surface area contributed by atoms with Gasteiger partial charge >= 0.3 is 0 Å². The van der Waals surface area contributed by atoms with Gasteiger partial charge in [-0.25, -0.2) is 9.97 Å². The second-order valence-electron chi connectivity index (χ2n) is 3.24. The van der Waals surface area contributed by atoms with Crippen molar-refractivity contribution in [1.29, 1.82) is 0 Å². The zero-order valence-electron chi connectivity index (χ0n) is 8.62. The normalized spacial score (nSPS) is 10.6. The van der Waals surface area contributed by atoms with Gasteiger partial charge in [0.2, 0.25) is 0 Å². The van der Waals surface area contributed by atoms with Crippen LogP contribution in [0.25, 0.3) is 11.5 Å². The zero-order valence-corrected chi connectivity index (χ0v) is 9.38. The number of nitrogens with zero attached hydrogens (tertiary/aromatic N) is 2. The average Bonchev–Trinajstić information content (AvgIpc) is 2.75. The minimum atomic E-state index is 0.494. The molecule has 0 radical (unpaired) electrons. The summed E-state index contributed by atoms with van der Waals surface area (Å²) in [6.07, 6.45) is 2.38. The van der Waals surface area contributed by atoms with Gasteiger partial charge < -0.3 is 4.42 Å². The lowest BCUT2D eigenvalue weighted by Gasteiger charge is -2.05. The van der Waals surface area contributed by atoms with Crippen molar-refractivity contribution < 1.29 is 4.42 Å². The average molecular weight is 223 g/mol. The SMILES string of the molecule is CCc1nc(Cl)c(C)c(-c2ccco2)n1. The van der Waals surface area contributed by atoms with Crippen LogP contribution < -0.4 is 0 Å². The Balaban J connectivity index is 2.60. The number of furan rings is 1. The Morgan fingerprint density at radius 2 is 2.20 bits per heavy atom. The molecule has 0 unspecified atom stereocenters. The Morgan fingerprint density at radius 1 is 1.40 bits per heavy atom. The molecule has 0 saturated heterocycles. The summed E-state index contributed by atoms with van der Waals surface area (Å²) in [6, 6.07) is 3.70. The topological polar surface area (TPSA) is 38.9 Å². The maximum absolute atomic E-state index is 6.02. The number of hydrogen-bond donors (Lipinski definition) is 0. The largest absolute Gasteiger partial charge is 0.463 e. The lowest BCUT2D eigenvalue weighted by molar-refractivity contribution is 0.578. The molecule has 0 N–H and O–H groups in total. The van der Waals surface area contributed by atoms with Crippen LogP contribution in [0.2, 0.25) is 5.15 Å². The number of halogens is 1. The molecule has 4 heteroatoms. The molecule has 0 amide bonds. The highest BCUT2D eigenvalue weighted by Gasteiger charge is 2.12. The van der Waals surface area contributed by atoms with Gasteiger partial charge in [0.25, 0.3) is 0 Å². The highest BCUT2D eigenvalue weighted by atomic mass is 35.5. The molecule has 0 spiro atoms. The van der Waals surface area contributed by atoms with Crippen molar-refractivity contribution in [3.63, 3.8) is 0 Å². The van der Waals surface area contributed by atoms with E-state index in [9.17, 15) is 0 Å². The molecule has 0 atom stereocenters. The first-order valence-electron chi connectivity index (χ1n) is 4.79. The molecule has 2 heterocycles. The van der Waals surface area contributed by atoms with Crippen molar-refractivity contribution in [2.24, 2.45) is 0 Å². The molecule has 0 aliphatic carbocycles. The zero-order chi connectivity index (χ0) is 10.8. The van der Waals surface area contributed by atoms with Crippen molar-refractivity contribution in [3.05, 3.63) is 34.9 Å². The van der Waals surface area contributed by atoms with Gasteiger partial charge in [-0.3, -0.25) is 0 Å². The quantitative estimate of drug-likeness (QED) is 0.733. The van der Waals surface area contributed by atoms with Crippen molar-refractivity contribution in [2.75, 3.05) is 0 Å². The van der Waals surface area contributed by atoms with Gasteiger partial charge in [-0.05, 0) is 19.1 Å². The van der Waals surface area contributed by atoms with Crippen molar-refractivity contribution in [3.8, 4) is 11.5 Å². The molecule has 78 valence electrons. The molecular formula is C11H11ClN2O. The van der Waals surface area contributed by atoms with E-state index in [4.69, 9.17) is 16.0 Å². The fraction of sp³-hybridized carbons (Fsp3) is 0.273. The van der Waals surface area contributed by atoms with Crippen molar-refractivity contribution in [1.82, 2.24) is 9.97 Å². The summed E-state index contributed by atoms with van der Waals surface area (Å²) in [6.45, 7) is 3.88. The predicted molar refractivity (Wildman–Crippen MR) is 58.9 cm³/mol. The van der Waals surface area contributed by atoms with E-state index in [0.717, 1.165) is 29.3 Å². The maximum Gasteiger partial charge on any atom is 0.152 e. The molecule has 2 aromatic rings. The standard InChI is InChI=1S/C11H11ClN2O/c1-3-9-13-10(7(2)11(12)14-9)8-5-4-6-15-8/h4-6H,3H2,1-2H3. The van der Waals surface area contributed by atoms with E-state index in [-0.39, 0.29) is 0 Å². The number of rotatable bonds is 2. The van der Waals surface area contributed by atoms with Gasteiger partial charge in [-0.2, -0.15) is 0 Å². The summed E-state index contributed by atoms with van der Waals surface area (Å²) in [5.41, 5.74) is 1.63. The second kappa shape index (κ2) is 4.03. The summed E-state index contributed by atoms with van der Waals surface area (Å²) in [5.74, 6) is 1.46. The van der Waals surface area contributed by atoms with E-state index < -0.39 is 0 Å². The van der Waals surface area contributed by atoms with Crippen LogP contribution in [-0.4, -0.2) is 9.97 Å². The Hall–Kier alpha value is -1.35. The maximum atomic E-state index is 6.02. The minimum Gasteiger partial charge on any atom is -0.463 e. The molecule has 2 rings (SSSR count). The molecule has 0 aliphatic heterocycles. The predicted octanol–water partition coefficient (Wildman–Crippen LogP) is 3.26. The summed E-state index contributed by atoms with van der Waals surface area (Å²) in [5, 5.41) is 0.494. The Bertz CT molecular complexity index is 466. The smallest absolute Gasteiger partial charge is 0.152 e. The Labute approximate surface area is 93.1 Å². The third-order valence-electron chi connectivity index (χ3n) is 2.20. The summed E-state index contributed by atoms with van der Waals surface area (Å²) in [4.78, 5) is 8.58. The van der Waals surface area contributed by atoms with Gasteiger partial charge in [-0.1, -0.05) is 18.5 Å². The Morgan fingerprint density at radius 3 is 2.80 bits per heavy atom. The van der Waals surface area contributed by atoms with E-state index in [1.54, 1.807) is 6.26 Å². The van der Waals surface area contributed by atoms with Crippen LogP contribution in [0.1, 0.15) is 18.3 Å². The van der Waals surface area contributed by atoms with Crippen LogP contribution in [-0.2, 0) is 6.42 Å². The van der Waals surface area contributed by atoms with E-state index in [1.165, 1.54) is 0 Å². The summed E-state index contributed by atoms with van der Waals surface area (Å²) < 4.78 is 5.31. The first-order chi connectivity index (χ1) is 7.22. The highest BCUT2D eigenvalue weighted by molar-refractivity contribution is 6.30. The van der Waals surface area contributed by atoms with E-state index >= 15 is 0 Å². The van der Waals surface area contributed by atoms with Gasteiger partial charge in [0.15, 0.2) is 5.76 Å². The number of aryl methyl sites for hydroxylation is 1. The van der Waals surface area contributed by atoms with Crippen LogP contribution in [0.4, 0.5) is 0 Å². The van der Waals surface area contributed by atoms with Crippen molar-refractivity contribution in [2.45, 2.75) is 20.3 Å². The number of hydrogen-bond acceptors (Lipinski definition) is 3. The van der Waals surface area contributed by atoms with Crippen molar-refractivity contribution >= 4 is 11.6 Å². The molecule has 0 bridgehead atoms. The van der Waals surface area contributed by atoms with Gasteiger partial charge in [0.1, 0.15) is 16.7 Å². The highest BCUT2D eigenvalue weighted by Crippen LogP contribution is 2.25. The molecule has 2 aromatic heterocycles. The molecule has 0 fully saturated rings. The van der Waals surface area contributed by atoms with E-state index in [2.05, 4.69) is 9.97 Å². The third-order valence-corrected chi connectivity index (χ3v) is 2.57. The van der Waals surface area contributed by atoms with Gasteiger partial charge in [0.05, 0.1) is 6.26 Å². The van der Waals surface area contributed by atoms with E-state index in [1.807, 2.05) is 26.0 Å². The molecule has 0 saturated carbocycles. The number of aromatic nitrogens is 2. The van der Waals surface area contributed by atoms with Crippen LogP contribution in [0.5, 0.6) is 0 Å². The lowest BCUT2D eigenvalue weighted by Crippen LogP contribution is -1.98. The first kappa shape index (κ1) is 10.2. The van der Waals surface area contributed by atoms with Crippen LogP contribution in [0.3, 0.4) is 0 Å². The molecular weight excluding hydrogens is 212 g/mol. The Kier molecular flexibility index (Phi) is 2.73. The third kappa shape index (κ3) is 1.88. The molecule has 15 heavy (non-hydrogen) atoms. The molecule has 3 nitrogen and oxygen atoms in total. The lowest BCUT2D eigenvalue weighted by atomic mass is 10.2. The van der Waals surface area contributed by atoms with Gasteiger partial charge in [-0.15, -0.1) is 0 Å². The van der Waals surface area contributed by atoms with Gasteiger partial charge in [0, 0.05) is 12.0 Å². The van der Waals surface area contributed by atoms with E-state index in [0.29, 0.717) is 5.15 Å². The minimum absolute atomic E-state index is 0.494. The first-order valence-corrected chi connectivity index (χ1v) is 5.17. The van der Waals surface area contributed by atoms with Crippen LogP contribution in [0, 0.1) is 6.92 Å². The van der Waals surface area contributed by atoms with Crippen LogP contribution in [0.15, 0.2) is 22.8 Å². The second-order valence-corrected chi connectivity index (χ2v) is 3.59.